The summed E-state index contributed by atoms with van der Waals surface area (Å²) in [5, 5.41) is 26.4. The van der Waals surface area contributed by atoms with Gasteiger partial charge in [-0.25, -0.2) is 0 Å². The van der Waals surface area contributed by atoms with Crippen LogP contribution in [0.25, 0.3) is 0 Å². The first kappa shape index (κ1) is 73.8. The van der Waals surface area contributed by atoms with Crippen LogP contribution in [0, 0.1) is 92.7 Å². The summed E-state index contributed by atoms with van der Waals surface area (Å²) in [4.78, 5) is 163. The Hall–Kier alpha value is -6.94. The highest BCUT2D eigenvalue weighted by molar-refractivity contribution is 6.01. The molecule has 108 heavy (non-hydrogen) atoms. The Morgan fingerprint density at radius 2 is 0.546 bits per heavy atom. The van der Waals surface area contributed by atoms with Crippen LogP contribution < -0.4 is 54.0 Å². The summed E-state index contributed by atoms with van der Waals surface area (Å²) in [6.45, 7) is 0.864. The summed E-state index contributed by atoms with van der Waals surface area (Å²) in [7, 11) is 0. The molecule has 3 aliphatic heterocycles. The van der Waals surface area contributed by atoms with Crippen molar-refractivity contribution < 1.29 is 47.9 Å². The topological polar surface area (TPSA) is 325 Å². The Balaban J connectivity index is 0.756. The summed E-state index contributed by atoms with van der Waals surface area (Å²) < 4.78 is 0. The number of nitrogens with zero attached hydrogens (tertiary/aromatic N) is 2. The van der Waals surface area contributed by atoms with E-state index >= 15 is 47.9 Å². The number of amides is 10. The van der Waals surface area contributed by atoms with Crippen LogP contribution in [0.4, 0.5) is 0 Å². The standard InChI is InChI=1S/C86H120N12O10/c87-19-7-15-63-73(99)93-69(83-37-51-23-52(38-83)25-53(24-51)39-83)79(105)91-65(35-49-11-3-1-4-12-49)81(107)97-21-9-17-67(97)75(101)95-71(85-43-57-29-58(44-85)31-59(30-57)45-85)77(103)90-64(16-8-20-88)74(100)94-70(84-40-54-26-55(41-84)28-56(27-54)42-84)80(106)92-66(36-50-13-5-2-6-14-50)82(108)98-22-10-18-68(98)76(102)96-72(78(104)89-63)86-46-60-32-61(47-86)34-62(33-60)48-86/h1-6,11-14,51-72H,7-10,15-48,87-88H2,(H,89,104)(H,90,103)(H,91,105)(H,92,106)(H,93,99)(H,94,100)(H,95,101)(H,96,102)/t51?,52?,53?,54?,55?,56?,57?,58?,59?,60?,61?,62?,63-,64+,65-,66-,67+,68+,69-,70+,71+,72-,83?,84?,85?,86?/m1/s1. The van der Waals surface area contributed by atoms with Crippen molar-refractivity contribution in [3.8, 4) is 0 Å². The number of hydrogen-bond donors (Lipinski definition) is 10. The molecule has 12 N–H and O–H groups in total. The summed E-state index contributed by atoms with van der Waals surface area (Å²) in [5.41, 5.74) is 11.6. The van der Waals surface area contributed by atoms with Crippen LogP contribution >= 0.6 is 0 Å². The zero-order valence-corrected chi connectivity index (χ0v) is 63.5. The van der Waals surface area contributed by atoms with Gasteiger partial charge < -0.3 is 63.8 Å². The molecule has 3 saturated heterocycles. The highest BCUT2D eigenvalue weighted by Gasteiger charge is 2.63. The Bertz CT molecular complexity index is 3390. The molecule has 10 amide bonds. The third-order valence-electron chi connectivity index (χ3n) is 31.1. The predicted molar refractivity (Wildman–Crippen MR) is 404 cm³/mol. The van der Waals surface area contributed by atoms with Crippen LogP contribution in [-0.4, -0.2) is 155 Å². The molecule has 16 aliphatic carbocycles. The minimum Gasteiger partial charge on any atom is -0.343 e. The van der Waals surface area contributed by atoms with E-state index in [-0.39, 0.29) is 51.9 Å². The Morgan fingerprint density at radius 1 is 0.306 bits per heavy atom. The number of carbonyl (C=O) groups is 10. The molecule has 19 fully saturated rings. The molecule has 0 radical (unpaired) electrons. The number of benzene rings is 2. The van der Waals surface area contributed by atoms with Crippen LogP contribution in [-0.2, 0) is 60.8 Å². The van der Waals surface area contributed by atoms with E-state index in [4.69, 9.17) is 11.5 Å². The van der Waals surface area contributed by atoms with Crippen LogP contribution in [0.15, 0.2) is 60.7 Å². The summed E-state index contributed by atoms with van der Waals surface area (Å²) in [6, 6.07) is 7.86. The number of fused-ring (bicyclic) bond motifs is 2. The maximum Gasteiger partial charge on any atom is 0.246 e. The van der Waals surface area contributed by atoms with E-state index in [1.165, 1.54) is 0 Å². The number of rotatable bonds is 14. The molecular weight excluding hydrogens is 1360 g/mol. The molecule has 10 atom stereocenters. The lowest BCUT2D eigenvalue weighted by atomic mass is 9.47. The quantitative estimate of drug-likeness (QED) is 0.0946. The fraction of sp³-hybridized carbons (Fsp3) is 0.744. The molecule has 2 aromatic rings. The molecule has 22 nitrogen and oxygen atoms in total. The van der Waals surface area contributed by atoms with Gasteiger partial charge in [0.2, 0.25) is 59.1 Å². The summed E-state index contributed by atoms with van der Waals surface area (Å²) in [5.74, 6) is -0.648. The molecular formula is C86H120N12O10. The smallest absolute Gasteiger partial charge is 0.246 e. The first-order chi connectivity index (χ1) is 52.2. The second kappa shape index (κ2) is 30.0. The van der Waals surface area contributed by atoms with E-state index in [2.05, 4.69) is 42.5 Å². The minimum absolute atomic E-state index is 0.0847. The first-order valence-corrected chi connectivity index (χ1v) is 42.7. The lowest BCUT2D eigenvalue weighted by Crippen LogP contribution is -2.68. The highest BCUT2D eigenvalue weighted by Crippen LogP contribution is 2.65. The Labute approximate surface area is 637 Å². The van der Waals surface area contributed by atoms with Gasteiger partial charge in [0.1, 0.15) is 60.4 Å². The van der Waals surface area contributed by atoms with Crippen molar-refractivity contribution in [2.75, 3.05) is 26.2 Å². The fourth-order valence-electron chi connectivity index (χ4n) is 28.4. The largest absolute Gasteiger partial charge is 0.343 e. The van der Waals surface area contributed by atoms with Gasteiger partial charge in [-0.3, -0.25) is 47.9 Å². The van der Waals surface area contributed by atoms with Crippen LogP contribution in [0.3, 0.4) is 0 Å². The summed E-state index contributed by atoms with van der Waals surface area (Å²) in [6.07, 6.45) is 24.0. The predicted octanol–water partition coefficient (Wildman–Crippen LogP) is 6.69. The zero-order chi connectivity index (χ0) is 74.4. The molecule has 22 heteroatoms. The average molecular weight is 1480 g/mol. The number of hydrogen-bond acceptors (Lipinski definition) is 12. The molecule has 2 aromatic carbocycles. The molecule has 16 saturated carbocycles. The van der Waals surface area contributed by atoms with Gasteiger partial charge in [0.25, 0.3) is 0 Å². The van der Waals surface area contributed by atoms with Crippen molar-refractivity contribution in [1.29, 1.82) is 0 Å². The third-order valence-corrected chi connectivity index (χ3v) is 31.1. The van der Waals surface area contributed by atoms with Crippen LogP contribution in [0.1, 0.15) is 217 Å². The average Bonchev–Trinajstić information content (AvgIpc) is 0.843. The third kappa shape index (κ3) is 14.4. The van der Waals surface area contributed by atoms with Crippen LogP contribution in [0.5, 0.6) is 0 Å². The van der Waals surface area contributed by atoms with Gasteiger partial charge in [-0.15, -0.1) is 0 Å². The Kier molecular flexibility index (Phi) is 20.5. The Morgan fingerprint density at radius 3 is 0.796 bits per heavy atom. The van der Waals surface area contributed by atoms with Gasteiger partial charge in [0.15, 0.2) is 0 Å². The van der Waals surface area contributed by atoms with Gasteiger partial charge in [0, 0.05) is 47.6 Å². The van der Waals surface area contributed by atoms with E-state index in [0.717, 1.165) is 127 Å². The monoisotopic (exact) mass is 1480 g/mol. The molecule has 16 bridgehead atoms. The fourth-order valence-corrected chi connectivity index (χ4v) is 28.4. The van der Waals surface area contributed by atoms with Crippen LogP contribution in [0.2, 0.25) is 0 Å². The van der Waals surface area contributed by atoms with Crippen molar-refractivity contribution in [2.45, 2.75) is 279 Å². The van der Waals surface area contributed by atoms with Crippen molar-refractivity contribution in [3.05, 3.63) is 71.8 Å². The van der Waals surface area contributed by atoms with E-state index in [9.17, 15) is 0 Å². The van der Waals surface area contributed by atoms with Gasteiger partial charge in [-0.2, -0.15) is 0 Å². The number of carbonyl (C=O) groups excluding carboxylic acids is 10. The molecule has 3 heterocycles. The van der Waals surface area contributed by atoms with E-state index < -0.39 is 141 Å². The summed E-state index contributed by atoms with van der Waals surface area (Å²) >= 11 is 0. The second-order valence-corrected chi connectivity index (χ2v) is 38.8. The second-order valence-electron chi connectivity index (χ2n) is 38.8. The van der Waals surface area contributed by atoms with Crippen molar-refractivity contribution in [1.82, 2.24) is 52.3 Å². The van der Waals surface area contributed by atoms with E-state index in [0.29, 0.717) is 148 Å². The molecule has 584 valence electrons. The molecule has 0 aromatic heterocycles. The van der Waals surface area contributed by atoms with E-state index in [1.54, 1.807) is 9.80 Å². The molecule has 0 spiro atoms. The zero-order valence-electron chi connectivity index (χ0n) is 63.5. The molecule has 21 rings (SSSR count). The molecule has 0 unspecified atom stereocenters. The number of nitrogens with two attached hydrogens (primary N) is 2. The van der Waals surface area contributed by atoms with Crippen molar-refractivity contribution in [3.63, 3.8) is 0 Å². The number of nitrogens with one attached hydrogen (secondary N) is 8. The lowest BCUT2D eigenvalue weighted by Gasteiger charge is -2.59. The van der Waals surface area contributed by atoms with Crippen molar-refractivity contribution in [2.24, 2.45) is 104 Å². The minimum atomic E-state index is -1.19. The van der Waals surface area contributed by atoms with Crippen molar-refractivity contribution >= 4 is 59.1 Å². The van der Waals surface area contributed by atoms with E-state index in [1.807, 2.05) is 60.7 Å². The van der Waals surface area contributed by atoms with Gasteiger partial charge in [0.05, 0.1) is 0 Å². The first-order valence-electron chi connectivity index (χ1n) is 42.7. The maximum atomic E-state index is 16.2. The van der Waals surface area contributed by atoms with Gasteiger partial charge in [-0.05, 0) is 301 Å². The highest BCUT2D eigenvalue weighted by atomic mass is 16.2. The molecule has 19 aliphatic rings. The normalized spacial score (nSPS) is 43.2. The lowest BCUT2D eigenvalue weighted by molar-refractivity contribution is -0.149. The van der Waals surface area contributed by atoms with Gasteiger partial charge in [-0.1, -0.05) is 60.7 Å². The van der Waals surface area contributed by atoms with Gasteiger partial charge >= 0.3 is 0 Å². The maximum absolute atomic E-state index is 16.2. The SMILES string of the molecule is NCCC[C@@H]1NC(=O)[C@@H](C23CC4CC(CC(C4)C2)C3)NC(=O)[C@@H]2CCCN2C(=O)[C@@H](Cc2ccccc2)NC(=O)[C@H](C23CC4CC(CC(C4)C2)C3)NC(=O)[C@@H](CCCN)NC(=O)[C@H](C23CC4CC(CC(C4)C2)C3)NC(=O)[C@@H]2CCCN2C(=O)[C@@H](Cc2ccccc2)NC(=O)[C@@H](C23CC4CC(CC(C4)C2)C3)NC1=O.